The maximum absolute atomic E-state index is 11.8. The molecule has 3 aliphatic carbocycles. The van der Waals surface area contributed by atoms with E-state index in [2.05, 4.69) is 19.2 Å². The van der Waals surface area contributed by atoms with Gasteiger partial charge in [-0.15, -0.1) is 0 Å². The van der Waals surface area contributed by atoms with Crippen LogP contribution in [0.3, 0.4) is 0 Å². The first-order valence-corrected chi connectivity index (χ1v) is 9.24. The quantitative estimate of drug-likeness (QED) is 0.755. The van der Waals surface area contributed by atoms with E-state index >= 15 is 0 Å². The highest BCUT2D eigenvalue weighted by Crippen LogP contribution is 2.65. The first-order valence-electron chi connectivity index (χ1n) is 9.24. The Morgan fingerprint density at radius 3 is 2.55 bits per heavy atom. The number of piperidine rings is 1. The second kappa shape index (κ2) is 4.82. The molecule has 4 fully saturated rings. The van der Waals surface area contributed by atoms with E-state index in [4.69, 9.17) is 0 Å². The Hall–Kier alpha value is -0.860. The van der Waals surface area contributed by atoms with Crippen LogP contribution in [0.25, 0.3) is 0 Å². The second-order valence-electron chi connectivity index (χ2n) is 8.94. The predicted octanol–water partition coefficient (Wildman–Crippen LogP) is 3.32. The molecule has 3 heteroatoms. The average Bonchev–Trinajstić information content (AvgIpc) is 2.84. The van der Waals surface area contributed by atoms with Crippen molar-refractivity contribution in [1.29, 1.82) is 0 Å². The molecule has 0 aromatic heterocycles. The lowest BCUT2D eigenvalue weighted by Gasteiger charge is -2.60. The standard InChI is InChI=1S/C19H29NO2/c1-18-9-7-15-13(14(18)5-3-12(18)11-21)4-6-16-19(15,2)10-8-17(22)20-16/h11-16H,3-10H2,1-2H3,(H,20,22)/t12?,13?,14?,15?,16-,18?,19?/m1/s1. The molecule has 1 N–H and O–H groups in total. The number of hydrogen-bond acceptors (Lipinski definition) is 2. The molecule has 0 aromatic rings. The summed E-state index contributed by atoms with van der Waals surface area (Å²) in [5.74, 6) is 2.80. The fourth-order valence-corrected chi connectivity index (χ4v) is 6.97. The summed E-state index contributed by atoms with van der Waals surface area (Å²) in [7, 11) is 0. The van der Waals surface area contributed by atoms with Gasteiger partial charge in [0.2, 0.25) is 5.91 Å². The third-order valence-corrected chi connectivity index (χ3v) is 8.33. The molecule has 122 valence electrons. The summed E-state index contributed by atoms with van der Waals surface area (Å²) in [4.78, 5) is 23.3. The lowest BCUT2D eigenvalue weighted by molar-refractivity contribution is -0.138. The van der Waals surface area contributed by atoms with Gasteiger partial charge in [-0.1, -0.05) is 13.8 Å². The van der Waals surface area contributed by atoms with Crippen molar-refractivity contribution in [2.24, 2.45) is 34.5 Å². The number of rotatable bonds is 1. The minimum atomic E-state index is 0.253. The van der Waals surface area contributed by atoms with Crippen LogP contribution in [0, 0.1) is 34.5 Å². The monoisotopic (exact) mass is 303 g/mol. The fraction of sp³-hybridized carbons (Fsp3) is 0.895. The van der Waals surface area contributed by atoms with E-state index in [1.54, 1.807) is 0 Å². The smallest absolute Gasteiger partial charge is 0.220 e. The van der Waals surface area contributed by atoms with Crippen LogP contribution in [0.15, 0.2) is 0 Å². The molecule has 4 aliphatic rings. The zero-order valence-electron chi connectivity index (χ0n) is 13.9. The summed E-state index contributed by atoms with van der Waals surface area (Å²) in [6.07, 6.45) is 10.2. The Bertz CT molecular complexity index is 504. The summed E-state index contributed by atoms with van der Waals surface area (Å²) in [6, 6.07) is 0.391. The van der Waals surface area contributed by atoms with Crippen LogP contribution in [0.2, 0.25) is 0 Å². The normalized spacial score (nSPS) is 53.9. The molecule has 1 amide bonds. The van der Waals surface area contributed by atoms with Gasteiger partial charge in [-0.3, -0.25) is 4.79 Å². The molecule has 7 atom stereocenters. The minimum Gasteiger partial charge on any atom is -0.353 e. The highest BCUT2D eigenvalue weighted by Gasteiger charge is 2.60. The van der Waals surface area contributed by atoms with Gasteiger partial charge in [0.25, 0.3) is 0 Å². The van der Waals surface area contributed by atoms with E-state index in [9.17, 15) is 9.59 Å². The Labute approximate surface area is 133 Å². The van der Waals surface area contributed by atoms with Crippen LogP contribution in [-0.2, 0) is 9.59 Å². The molecule has 3 nitrogen and oxygen atoms in total. The third-order valence-electron chi connectivity index (χ3n) is 8.33. The lowest BCUT2D eigenvalue weighted by atomic mass is 9.47. The Balaban J connectivity index is 1.63. The average molecular weight is 303 g/mol. The highest BCUT2D eigenvalue weighted by atomic mass is 16.1. The van der Waals surface area contributed by atoms with Crippen LogP contribution >= 0.6 is 0 Å². The van der Waals surface area contributed by atoms with Crippen molar-refractivity contribution >= 4 is 12.2 Å². The molecular formula is C19H29NO2. The molecular weight excluding hydrogens is 274 g/mol. The second-order valence-corrected chi connectivity index (χ2v) is 8.94. The van der Waals surface area contributed by atoms with E-state index in [1.165, 1.54) is 32.0 Å². The molecule has 22 heavy (non-hydrogen) atoms. The van der Waals surface area contributed by atoms with E-state index in [1.807, 2.05) is 0 Å². The van der Waals surface area contributed by atoms with Gasteiger partial charge < -0.3 is 10.1 Å². The van der Waals surface area contributed by atoms with Crippen LogP contribution in [0.5, 0.6) is 0 Å². The van der Waals surface area contributed by atoms with E-state index in [0.717, 1.165) is 37.0 Å². The van der Waals surface area contributed by atoms with Crippen molar-refractivity contribution in [1.82, 2.24) is 5.32 Å². The van der Waals surface area contributed by atoms with E-state index in [-0.39, 0.29) is 22.7 Å². The zero-order valence-corrected chi connectivity index (χ0v) is 13.9. The maximum Gasteiger partial charge on any atom is 0.220 e. The first-order chi connectivity index (χ1) is 10.5. The Kier molecular flexibility index (Phi) is 3.22. The summed E-state index contributed by atoms with van der Waals surface area (Å²) in [5.41, 5.74) is 0.543. The number of amides is 1. The summed E-state index contributed by atoms with van der Waals surface area (Å²) >= 11 is 0. The molecule has 0 aromatic carbocycles. The van der Waals surface area contributed by atoms with E-state index in [0.29, 0.717) is 12.5 Å². The van der Waals surface area contributed by atoms with Crippen LogP contribution in [0.1, 0.15) is 65.2 Å². The van der Waals surface area contributed by atoms with Crippen LogP contribution < -0.4 is 5.32 Å². The van der Waals surface area contributed by atoms with Gasteiger partial charge in [0.15, 0.2) is 0 Å². The summed E-state index contributed by atoms with van der Waals surface area (Å²) in [5, 5.41) is 3.29. The molecule has 0 spiro atoms. The SMILES string of the molecule is CC12CCC3C(CC[C@H]4NC(=O)CCC34C)C1CCC2C=O. The highest BCUT2D eigenvalue weighted by molar-refractivity contribution is 5.77. The molecule has 1 heterocycles. The summed E-state index contributed by atoms with van der Waals surface area (Å²) in [6.45, 7) is 4.82. The molecule has 0 bridgehead atoms. The first kappa shape index (κ1) is 14.7. The van der Waals surface area contributed by atoms with Crippen molar-refractivity contribution in [3.8, 4) is 0 Å². The number of hydrogen-bond donors (Lipinski definition) is 1. The van der Waals surface area contributed by atoms with Gasteiger partial charge >= 0.3 is 0 Å². The van der Waals surface area contributed by atoms with Crippen molar-refractivity contribution in [2.75, 3.05) is 0 Å². The minimum absolute atomic E-state index is 0.253. The number of nitrogens with one attached hydrogen (secondary N) is 1. The van der Waals surface area contributed by atoms with Crippen LogP contribution in [0.4, 0.5) is 0 Å². The summed E-state index contributed by atoms with van der Waals surface area (Å²) < 4.78 is 0. The lowest BCUT2D eigenvalue weighted by Crippen LogP contribution is -2.61. The number of fused-ring (bicyclic) bond motifs is 5. The van der Waals surface area contributed by atoms with Gasteiger partial charge in [0.1, 0.15) is 6.29 Å². The van der Waals surface area contributed by atoms with Crippen molar-refractivity contribution < 1.29 is 9.59 Å². The molecule has 1 saturated heterocycles. The number of carbonyl (C=O) groups is 2. The molecule has 4 rings (SSSR count). The zero-order chi connectivity index (χ0) is 15.5. The molecule has 3 saturated carbocycles. The van der Waals surface area contributed by atoms with Gasteiger partial charge in [-0.25, -0.2) is 0 Å². The largest absolute Gasteiger partial charge is 0.353 e. The van der Waals surface area contributed by atoms with Crippen LogP contribution in [-0.4, -0.2) is 18.2 Å². The Morgan fingerprint density at radius 2 is 1.77 bits per heavy atom. The van der Waals surface area contributed by atoms with Crippen molar-refractivity contribution in [2.45, 2.75) is 71.3 Å². The molecule has 6 unspecified atom stereocenters. The Morgan fingerprint density at radius 1 is 1.00 bits per heavy atom. The number of carbonyl (C=O) groups excluding carboxylic acids is 2. The molecule has 0 radical (unpaired) electrons. The van der Waals surface area contributed by atoms with Gasteiger partial charge in [-0.2, -0.15) is 0 Å². The van der Waals surface area contributed by atoms with Gasteiger partial charge in [0.05, 0.1) is 0 Å². The fourth-order valence-electron chi connectivity index (χ4n) is 6.97. The van der Waals surface area contributed by atoms with Crippen molar-refractivity contribution in [3.05, 3.63) is 0 Å². The molecule has 1 aliphatic heterocycles. The van der Waals surface area contributed by atoms with Crippen molar-refractivity contribution in [3.63, 3.8) is 0 Å². The topological polar surface area (TPSA) is 46.2 Å². The van der Waals surface area contributed by atoms with E-state index < -0.39 is 0 Å². The maximum atomic E-state index is 11.8. The predicted molar refractivity (Wildman–Crippen MR) is 85.1 cm³/mol. The van der Waals surface area contributed by atoms with Gasteiger partial charge in [0, 0.05) is 18.4 Å². The third kappa shape index (κ3) is 1.80. The number of aldehydes is 1. The van der Waals surface area contributed by atoms with Gasteiger partial charge in [-0.05, 0) is 73.5 Å².